The first-order valence-electron chi connectivity index (χ1n) is 6.97. The molecule has 3 rings (SSSR count). The van der Waals surface area contributed by atoms with Gasteiger partial charge in [-0.1, -0.05) is 30.3 Å². The molecule has 0 bridgehead atoms. The lowest BCUT2D eigenvalue weighted by Crippen LogP contribution is -2.37. The average molecular weight is 320 g/mol. The normalized spacial score (nSPS) is 27.3. The lowest BCUT2D eigenvalue weighted by molar-refractivity contribution is -0.0542. The summed E-state index contributed by atoms with van der Waals surface area (Å²) in [5, 5.41) is 28.9. The summed E-state index contributed by atoms with van der Waals surface area (Å²) in [5.74, 6) is -0.0604. The Hall–Kier alpha value is -2.33. The van der Waals surface area contributed by atoms with Crippen molar-refractivity contribution in [2.24, 2.45) is 0 Å². The van der Waals surface area contributed by atoms with Crippen LogP contribution in [0.2, 0.25) is 0 Å². The van der Waals surface area contributed by atoms with E-state index in [1.165, 1.54) is 0 Å². The first-order valence-corrected chi connectivity index (χ1v) is 6.97. The minimum absolute atomic E-state index is 0.149. The Morgan fingerprint density at radius 3 is 2.43 bits per heavy atom. The van der Waals surface area contributed by atoms with Gasteiger partial charge >= 0.3 is 5.69 Å². The van der Waals surface area contributed by atoms with Crippen LogP contribution >= 0.6 is 0 Å². The van der Waals surface area contributed by atoms with Gasteiger partial charge in [0.2, 0.25) is 5.95 Å². The van der Waals surface area contributed by atoms with Crippen molar-refractivity contribution in [1.82, 2.24) is 14.5 Å². The van der Waals surface area contributed by atoms with Crippen LogP contribution in [-0.2, 0) is 4.74 Å². The number of hydrogen-bond donors (Lipinski definition) is 4. The predicted octanol–water partition coefficient (Wildman–Crippen LogP) is -1.50. The van der Waals surface area contributed by atoms with Crippen LogP contribution in [0.5, 0.6) is 0 Å². The Morgan fingerprint density at radius 1 is 1.17 bits per heavy atom. The number of aromatic nitrogens is 3. The Morgan fingerprint density at radius 2 is 1.87 bits per heavy atom. The van der Waals surface area contributed by atoms with Crippen LogP contribution < -0.4 is 11.4 Å². The fraction of sp³-hybridized carbons (Fsp3) is 0.357. The molecule has 1 saturated heterocycles. The van der Waals surface area contributed by atoms with E-state index < -0.39 is 36.8 Å². The largest absolute Gasteiger partial charge is 0.394 e. The summed E-state index contributed by atoms with van der Waals surface area (Å²) in [5.41, 5.74) is 5.65. The summed E-state index contributed by atoms with van der Waals surface area (Å²) < 4.78 is 6.14. The van der Waals surface area contributed by atoms with E-state index in [0.717, 1.165) is 4.57 Å². The predicted molar refractivity (Wildman–Crippen MR) is 79.1 cm³/mol. The molecule has 9 nitrogen and oxygen atoms in total. The molecule has 1 aromatic carbocycles. The molecular formula is C14H16N4O5. The van der Waals surface area contributed by atoms with E-state index in [4.69, 9.17) is 15.6 Å². The van der Waals surface area contributed by atoms with Crippen LogP contribution in [0.1, 0.15) is 6.23 Å². The van der Waals surface area contributed by atoms with E-state index in [-0.39, 0.29) is 11.8 Å². The number of nitrogens with zero attached hydrogens (tertiary/aromatic N) is 3. The van der Waals surface area contributed by atoms with E-state index >= 15 is 0 Å². The SMILES string of the molecule is Nc1nc(-c2ccccc2)nc(=O)n1[C@@H]1O[C@H](CO)[C@@H](O)[C@H]1O. The third-order valence-electron chi connectivity index (χ3n) is 3.68. The summed E-state index contributed by atoms with van der Waals surface area (Å²) in [4.78, 5) is 20.2. The van der Waals surface area contributed by atoms with Crippen molar-refractivity contribution < 1.29 is 20.1 Å². The number of aliphatic hydroxyl groups is 3. The van der Waals surface area contributed by atoms with Gasteiger partial charge in [0.15, 0.2) is 12.1 Å². The molecule has 0 radical (unpaired) electrons. The van der Waals surface area contributed by atoms with E-state index in [9.17, 15) is 15.0 Å². The number of anilines is 1. The second kappa shape index (κ2) is 6.05. The molecule has 0 spiro atoms. The van der Waals surface area contributed by atoms with Crippen LogP contribution in [-0.4, -0.2) is 54.8 Å². The standard InChI is InChI=1S/C14H16N4O5/c15-13-16-11(7-4-2-1-3-5-7)17-14(22)18(13)12-10(21)9(20)8(6-19)23-12/h1-5,8-10,12,19-21H,6H2,(H2,15,16,17,22)/t8-,9-,10-,12-/m1/s1. The Kier molecular flexibility index (Phi) is 4.09. The van der Waals surface area contributed by atoms with Crippen molar-refractivity contribution in [1.29, 1.82) is 0 Å². The number of nitrogen functional groups attached to an aromatic ring is 1. The number of benzene rings is 1. The topological polar surface area (TPSA) is 144 Å². The van der Waals surface area contributed by atoms with Crippen molar-refractivity contribution in [3.8, 4) is 11.4 Å². The summed E-state index contributed by atoms with van der Waals surface area (Å²) in [6, 6.07) is 8.81. The maximum atomic E-state index is 12.3. The molecule has 122 valence electrons. The molecule has 2 heterocycles. The van der Waals surface area contributed by atoms with Gasteiger partial charge in [-0.3, -0.25) is 0 Å². The Bertz CT molecular complexity index is 751. The minimum atomic E-state index is -1.43. The van der Waals surface area contributed by atoms with Crippen LogP contribution in [0.15, 0.2) is 35.1 Å². The zero-order valence-electron chi connectivity index (χ0n) is 12.0. The average Bonchev–Trinajstić information content (AvgIpc) is 2.83. The monoisotopic (exact) mass is 320 g/mol. The maximum Gasteiger partial charge on any atom is 0.354 e. The Balaban J connectivity index is 2.01. The highest BCUT2D eigenvalue weighted by atomic mass is 16.6. The molecule has 23 heavy (non-hydrogen) atoms. The lowest BCUT2D eigenvalue weighted by atomic mass is 10.1. The highest BCUT2D eigenvalue weighted by Gasteiger charge is 2.44. The zero-order valence-corrected chi connectivity index (χ0v) is 12.0. The second-order valence-corrected chi connectivity index (χ2v) is 5.15. The van der Waals surface area contributed by atoms with E-state index in [0.29, 0.717) is 5.56 Å². The number of nitrogens with two attached hydrogens (primary N) is 1. The smallest absolute Gasteiger partial charge is 0.354 e. The third kappa shape index (κ3) is 2.70. The fourth-order valence-electron chi connectivity index (χ4n) is 2.48. The molecule has 0 amide bonds. The van der Waals surface area contributed by atoms with Crippen molar-refractivity contribution in [3.63, 3.8) is 0 Å². The first-order chi connectivity index (χ1) is 11.0. The van der Waals surface area contributed by atoms with Crippen LogP contribution in [0.4, 0.5) is 5.95 Å². The van der Waals surface area contributed by atoms with Crippen LogP contribution in [0, 0.1) is 0 Å². The molecule has 5 N–H and O–H groups in total. The molecule has 0 aliphatic carbocycles. The molecule has 2 aromatic rings. The van der Waals surface area contributed by atoms with E-state index in [1.54, 1.807) is 24.3 Å². The molecule has 9 heteroatoms. The molecule has 1 aliphatic heterocycles. The summed E-state index contributed by atoms with van der Waals surface area (Å²) in [7, 11) is 0. The Labute approximate surface area is 130 Å². The van der Waals surface area contributed by atoms with Gasteiger partial charge in [-0.05, 0) is 0 Å². The van der Waals surface area contributed by atoms with E-state index in [2.05, 4.69) is 9.97 Å². The molecular weight excluding hydrogens is 304 g/mol. The number of aliphatic hydroxyl groups excluding tert-OH is 3. The van der Waals surface area contributed by atoms with Crippen molar-refractivity contribution in [3.05, 3.63) is 40.8 Å². The molecule has 1 fully saturated rings. The van der Waals surface area contributed by atoms with Gasteiger partial charge in [0.1, 0.15) is 18.3 Å². The van der Waals surface area contributed by atoms with E-state index in [1.807, 2.05) is 6.07 Å². The van der Waals surface area contributed by atoms with Gasteiger partial charge in [0, 0.05) is 5.56 Å². The summed E-state index contributed by atoms with van der Waals surface area (Å²) in [6.07, 6.45) is -5.06. The summed E-state index contributed by atoms with van der Waals surface area (Å²) in [6.45, 7) is -0.508. The van der Waals surface area contributed by atoms with Gasteiger partial charge < -0.3 is 25.8 Å². The third-order valence-corrected chi connectivity index (χ3v) is 3.68. The van der Waals surface area contributed by atoms with Gasteiger partial charge in [0.25, 0.3) is 0 Å². The van der Waals surface area contributed by atoms with Crippen molar-refractivity contribution in [2.45, 2.75) is 24.5 Å². The fourth-order valence-corrected chi connectivity index (χ4v) is 2.48. The summed E-state index contributed by atoms with van der Waals surface area (Å²) >= 11 is 0. The highest BCUT2D eigenvalue weighted by molar-refractivity contribution is 5.55. The maximum absolute atomic E-state index is 12.3. The van der Waals surface area contributed by atoms with Crippen molar-refractivity contribution in [2.75, 3.05) is 12.3 Å². The number of hydrogen-bond acceptors (Lipinski definition) is 8. The lowest BCUT2D eigenvalue weighted by Gasteiger charge is -2.18. The highest BCUT2D eigenvalue weighted by Crippen LogP contribution is 2.29. The molecule has 0 saturated carbocycles. The second-order valence-electron chi connectivity index (χ2n) is 5.15. The molecule has 1 aromatic heterocycles. The van der Waals surface area contributed by atoms with Crippen LogP contribution in [0.3, 0.4) is 0 Å². The van der Waals surface area contributed by atoms with Gasteiger partial charge in [0.05, 0.1) is 6.61 Å². The molecule has 0 unspecified atom stereocenters. The van der Waals surface area contributed by atoms with Crippen molar-refractivity contribution >= 4 is 5.95 Å². The van der Waals surface area contributed by atoms with Gasteiger partial charge in [-0.2, -0.15) is 9.97 Å². The molecule has 1 aliphatic rings. The quantitative estimate of drug-likeness (QED) is 0.535. The van der Waals surface area contributed by atoms with Gasteiger partial charge in [-0.25, -0.2) is 9.36 Å². The number of ether oxygens (including phenoxy) is 1. The van der Waals surface area contributed by atoms with Gasteiger partial charge in [-0.15, -0.1) is 0 Å². The molecule has 4 atom stereocenters. The first kappa shape index (κ1) is 15.6. The minimum Gasteiger partial charge on any atom is -0.394 e. The van der Waals surface area contributed by atoms with Crippen LogP contribution in [0.25, 0.3) is 11.4 Å². The zero-order chi connectivity index (χ0) is 16.6. The number of rotatable bonds is 3.